The summed E-state index contributed by atoms with van der Waals surface area (Å²) >= 11 is 0.962. The van der Waals surface area contributed by atoms with Crippen molar-refractivity contribution in [1.82, 2.24) is 9.78 Å². The highest BCUT2D eigenvalue weighted by molar-refractivity contribution is 8.00. The number of alkyl halides is 3. The molecule has 1 aromatic carbocycles. The molecule has 1 amide bonds. The molecule has 0 spiro atoms. The highest BCUT2D eigenvalue weighted by Crippen LogP contribution is 2.28. The van der Waals surface area contributed by atoms with Crippen molar-refractivity contribution < 1.29 is 27.9 Å². The van der Waals surface area contributed by atoms with Crippen molar-refractivity contribution in [3.8, 4) is 5.69 Å². The molecule has 2 rings (SSSR count). The summed E-state index contributed by atoms with van der Waals surface area (Å²) < 4.78 is 38.6. The van der Waals surface area contributed by atoms with Gasteiger partial charge in [-0.2, -0.15) is 18.3 Å². The van der Waals surface area contributed by atoms with E-state index in [1.54, 1.807) is 0 Å². The lowest BCUT2D eigenvalue weighted by Crippen LogP contribution is -2.15. The summed E-state index contributed by atoms with van der Waals surface area (Å²) in [4.78, 5) is 21.9. The average Bonchev–Trinajstić information content (AvgIpc) is 2.97. The SMILES string of the molecule is O=C(O)CSCC(=O)Nc1ccc(-n2ccc(C(F)(F)F)n2)cc1. The molecular formula is C14H12F3N3O3S. The number of carbonyl (C=O) groups excluding carboxylic acids is 1. The Morgan fingerprint density at radius 1 is 1.17 bits per heavy atom. The molecule has 2 aromatic rings. The fourth-order valence-electron chi connectivity index (χ4n) is 1.74. The molecule has 0 saturated carbocycles. The van der Waals surface area contributed by atoms with Crippen molar-refractivity contribution in [3.63, 3.8) is 0 Å². The lowest BCUT2D eigenvalue weighted by Gasteiger charge is -2.07. The maximum atomic E-state index is 12.5. The number of aromatic nitrogens is 2. The number of carbonyl (C=O) groups is 2. The number of amides is 1. The van der Waals surface area contributed by atoms with Crippen LogP contribution in [0.1, 0.15) is 5.69 Å². The second-order valence-corrected chi connectivity index (χ2v) is 5.61. The maximum Gasteiger partial charge on any atom is 0.435 e. The Hall–Kier alpha value is -2.49. The first-order valence-electron chi connectivity index (χ1n) is 6.58. The Bertz CT molecular complexity index is 729. The topological polar surface area (TPSA) is 84.2 Å². The number of thioether (sulfide) groups is 1. The molecule has 0 radical (unpaired) electrons. The van der Waals surface area contributed by atoms with Crippen molar-refractivity contribution in [3.05, 3.63) is 42.2 Å². The largest absolute Gasteiger partial charge is 0.481 e. The third kappa shape index (κ3) is 5.01. The van der Waals surface area contributed by atoms with E-state index in [0.717, 1.165) is 22.5 Å². The van der Waals surface area contributed by atoms with E-state index in [1.807, 2.05) is 0 Å². The van der Waals surface area contributed by atoms with E-state index in [9.17, 15) is 22.8 Å². The van der Waals surface area contributed by atoms with Gasteiger partial charge in [-0.3, -0.25) is 9.59 Å². The highest BCUT2D eigenvalue weighted by atomic mass is 32.2. The predicted molar refractivity (Wildman–Crippen MR) is 82.2 cm³/mol. The monoisotopic (exact) mass is 359 g/mol. The molecule has 2 N–H and O–H groups in total. The van der Waals surface area contributed by atoms with E-state index in [-0.39, 0.29) is 17.4 Å². The summed E-state index contributed by atoms with van der Waals surface area (Å²) in [5.41, 5.74) is -0.137. The van der Waals surface area contributed by atoms with Crippen LogP contribution in [0.15, 0.2) is 36.5 Å². The minimum absolute atomic E-state index is 0.0118. The van der Waals surface area contributed by atoms with Crippen molar-refractivity contribution in [1.29, 1.82) is 0 Å². The van der Waals surface area contributed by atoms with Gasteiger partial charge in [0.05, 0.1) is 17.2 Å². The molecule has 1 heterocycles. The van der Waals surface area contributed by atoms with E-state index in [0.29, 0.717) is 11.4 Å². The smallest absolute Gasteiger partial charge is 0.435 e. The van der Waals surface area contributed by atoms with Crippen molar-refractivity contribution in [2.45, 2.75) is 6.18 Å². The molecule has 128 valence electrons. The summed E-state index contributed by atoms with van der Waals surface area (Å²) in [7, 11) is 0. The Morgan fingerprint density at radius 2 is 1.83 bits per heavy atom. The summed E-state index contributed by atoms with van der Waals surface area (Å²) in [5.74, 6) is -1.56. The normalized spacial score (nSPS) is 11.3. The van der Waals surface area contributed by atoms with Crippen molar-refractivity contribution in [2.75, 3.05) is 16.8 Å². The Balaban J connectivity index is 1.96. The molecule has 0 aliphatic carbocycles. The Morgan fingerprint density at radius 3 is 2.38 bits per heavy atom. The highest BCUT2D eigenvalue weighted by Gasteiger charge is 2.33. The molecule has 0 saturated heterocycles. The van der Waals surface area contributed by atoms with Crippen molar-refractivity contribution >= 4 is 29.3 Å². The first-order chi connectivity index (χ1) is 11.3. The molecule has 10 heteroatoms. The quantitative estimate of drug-likeness (QED) is 0.828. The number of rotatable bonds is 6. The van der Waals surface area contributed by atoms with Crippen LogP contribution in [0.2, 0.25) is 0 Å². The summed E-state index contributed by atoms with van der Waals surface area (Å²) in [6.07, 6.45) is -3.31. The maximum absolute atomic E-state index is 12.5. The van der Waals surface area contributed by atoms with Gasteiger partial charge in [-0.05, 0) is 30.3 Å². The standard InChI is InChI=1S/C14H12F3N3O3S/c15-14(16,17)11-5-6-20(19-11)10-3-1-9(2-4-10)18-12(21)7-24-8-13(22)23/h1-6H,7-8H2,(H,18,21)(H,22,23). The number of hydrogen-bond donors (Lipinski definition) is 2. The number of benzene rings is 1. The van der Waals surface area contributed by atoms with Gasteiger partial charge in [0.2, 0.25) is 5.91 Å². The van der Waals surface area contributed by atoms with E-state index in [4.69, 9.17) is 5.11 Å². The summed E-state index contributed by atoms with van der Waals surface area (Å²) in [5, 5.41) is 14.5. The van der Waals surface area contributed by atoms with Crippen LogP contribution in [0.3, 0.4) is 0 Å². The number of anilines is 1. The third-order valence-electron chi connectivity index (χ3n) is 2.75. The van der Waals surface area contributed by atoms with Gasteiger partial charge < -0.3 is 10.4 Å². The molecule has 24 heavy (non-hydrogen) atoms. The van der Waals surface area contributed by atoms with Crippen LogP contribution in [-0.2, 0) is 15.8 Å². The fraction of sp³-hybridized carbons (Fsp3) is 0.214. The van der Waals surface area contributed by atoms with Crippen LogP contribution in [0.5, 0.6) is 0 Å². The van der Waals surface area contributed by atoms with Crippen LogP contribution in [0.4, 0.5) is 18.9 Å². The Labute approximate surface area is 138 Å². The minimum Gasteiger partial charge on any atom is -0.481 e. The van der Waals surface area contributed by atoms with Crippen LogP contribution in [0.25, 0.3) is 5.69 Å². The molecule has 1 aromatic heterocycles. The van der Waals surface area contributed by atoms with Gasteiger partial charge in [0.1, 0.15) is 0 Å². The molecular weight excluding hydrogens is 347 g/mol. The number of nitrogens with zero attached hydrogens (tertiary/aromatic N) is 2. The number of carboxylic acids is 1. The first kappa shape index (κ1) is 17.9. The lowest BCUT2D eigenvalue weighted by molar-refractivity contribution is -0.141. The number of aliphatic carboxylic acids is 1. The zero-order valence-electron chi connectivity index (χ0n) is 12.1. The Kier molecular flexibility index (Phi) is 5.50. The van der Waals surface area contributed by atoms with Crippen LogP contribution in [-0.4, -0.2) is 38.3 Å². The zero-order chi connectivity index (χ0) is 17.7. The summed E-state index contributed by atoms with van der Waals surface area (Å²) in [6, 6.07) is 6.92. The second-order valence-electron chi connectivity index (χ2n) is 4.62. The van der Waals surface area contributed by atoms with Gasteiger partial charge in [-0.25, -0.2) is 4.68 Å². The molecule has 0 unspecified atom stereocenters. The van der Waals surface area contributed by atoms with Gasteiger partial charge in [0.25, 0.3) is 0 Å². The lowest BCUT2D eigenvalue weighted by atomic mass is 10.3. The molecule has 6 nitrogen and oxygen atoms in total. The average molecular weight is 359 g/mol. The fourth-order valence-corrected chi connectivity index (χ4v) is 2.28. The predicted octanol–water partition coefficient (Wildman–Crippen LogP) is 2.65. The number of nitrogens with one attached hydrogen (secondary N) is 1. The molecule has 0 atom stereocenters. The van der Waals surface area contributed by atoms with Crippen LogP contribution < -0.4 is 5.32 Å². The number of halogens is 3. The van der Waals surface area contributed by atoms with Crippen LogP contribution in [0, 0.1) is 0 Å². The van der Waals surface area contributed by atoms with Gasteiger partial charge in [-0.1, -0.05) is 0 Å². The van der Waals surface area contributed by atoms with E-state index < -0.39 is 17.8 Å². The molecule has 0 bridgehead atoms. The van der Waals surface area contributed by atoms with Gasteiger partial charge in [-0.15, -0.1) is 11.8 Å². The van der Waals surface area contributed by atoms with Crippen molar-refractivity contribution in [2.24, 2.45) is 0 Å². The van der Waals surface area contributed by atoms with E-state index >= 15 is 0 Å². The third-order valence-corrected chi connectivity index (χ3v) is 3.67. The number of carboxylic acid groups (broad SMARTS) is 1. The number of hydrogen-bond acceptors (Lipinski definition) is 4. The molecule has 0 aliphatic rings. The van der Waals surface area contributed by atoms with Gasteiger partial charge in [0, 0.05) is 11.9 Å². The zero-order valence-corrected chi connectivity index (χ0v) is 12.9. The van der Waals surface area contributed by atoms with Gasteiger partial charge >= 0.3 is 12.1 Å². The second kappa shape index (κ2) is 7.39. The molecule has 0 fully saturated rings. The summed E-state index contributed by atoms with van der Waals surface area (Å²) in [6.45, 7) is 0. The first-order valence-corrected chi connectivity index (χ1v) is 7.74. The molecule has 0 aliphatic heterocycles. The van der Waals surface area contributed by atoms with Crippen LogP contribution >= 0.6 is 11.8 Å². The minimum atomic E-state index is -4.51. The van der Waals surface area contributed by atoms with E-state index in [2.05, 4.69) is 10.4 Å². The van der Waals surface area contributed by atoms with E-state index in [1.165, 1.54) is 30.5 Å². The van der Waals surface area contributed by atoms with Gasteiger partial charge in [0.15, 0.2) is 5.69 Å².